The second-order valence-corrected chi connectivity index (χ2v) is 3.90. The van der Waals surface area contributed by atoms with Gasteiger partial charge in [-0.25, -0.2) is 0 Å². The average molecular weight is 198 g/mol. The Bertz CT molecular complexity index is 220. The lowest BCUT2D eigenvalue weighted by Gasteiger charge is -2.27. The van der Waals surface area contributed by atoms with Gasteiger partial charge in [0.05, 0.1) is 20.6 Å². The number of rotatable bonds is 3. The van der Waals surface area contributed by atoms with Crippen LogP contribution in [0.2, 0.25) is 0 Å². The molecule has 0 aromatic carbocycles. The van der Waals surface area contributed by atoms with E-state index in [1.807, 2.05) is 0 Å². The minimum Gasteiger partial charge on any atom is -0.312 e. The molecule has 0 aliphatic heterocycles. The second kappa shape index (κ2) is 2.47. The Hall–Kier alpha value is -0.580. The van der Waals surface area contributed by atoms with Crippen LogP contribution in [0, 0.1) is 0 Å². The van der Waals surface area contributed by atoms with Crippen LogP contribution >= 0.6 is 0 Å². The van der Waals surface area contributed by atoms with Crippen LogP contribution in [0.4, 0.5) is 17.6 Å². The summed E-state index contributed by atoms with van der Waals surface area (Å²) in [5, 5.41) is 0. The standard InChI is InChI=1S/C8H12F4N/c1-4-5-13(2,3)6-7(9,10)8(6,11)12/h4,6H,1,5H2,2-3H3/q+1. The van der Waals surface area contributed by atoms with Gasteiger partial charge in [0.15, 0.2) is 0 Å². The summed E-state index contributed by atoms with van der Waals surface area (Å²) < 4.78 is 49.9. The largest absolute Gasteiger partial charge is 0.372 e. The third-order valence-corrected chi connectivity index (χ3v) is 2.35. The molecular weight excluding hydrogens is 186 g/mol. The van der Waals surface area contributed by atoms with Crippen LogP contribution < -0.4 is 0 Å². The van der Waals surface area contributed by atoms with Crippen LogP contribution in [0.25, 0.3) is 0 Å². The molecule has 0 unspecified atom stereocenters. The first-order valence-corrected chi connectivity index (χ1v) is 3.87. The van der Waals surface area contributed by atoms with Gasteiger partial charge in [-0.05, 0) is 6.08 Å². The molecule has 0 amide bonds. The number of nitrogens with zero attached hydrogens (tertiary/aromatic N) is 1. The molecule has 0 aromatic rings. The van der Waals surface area contributed by atoms with Crippen molar-refractivity contribution in [3.05, 3.63) is 12.7 Å². The Morgan fingerprint density at radius 3 is 1.85 bits per heavy atom. The van der Waals surface area contributed by atoms with E-state index < -0.39 is 22.4 Å². The van der Waals surface area contributed by atoms with Gasteiger partial charge in [0, 0.05) is 0 Å². The summed E-state index contributed by atoms with van der Waals surface area (Å²) in [6.07, 6.45) is 1.37. The number of hydrogen-bond donors (Lipinski definition) is 0. The highest BCUT2D eigenvalue weighted by Crippen LogP contribution is 2.61. The Morgan fingerprint density at radius 1 is 1.23 bits per heavy atom. The van der Waals surface area contributed by atoms with E-state index in [0.29, 0.717) is 0 Å². The van der Waals surface area contributed by atoms with Crippen LogP contribution in [0.5, 0.6) is 0 Å². The van der Waals surface area contributed by atoms with Crippen molar-refractivity contribution in [1.29, 1.82) is 0 Å². The third kappa shape index (κ3) is 1.25. The van der Waals surface area contributed by atoms with Gasteiger partial charge < -0.3 is 4.48 Å². The number of quaternary nitrogens is 1. The summed E-state index contributed by atoms with van der Waals surface area (Å²) in [6.45, 7) is 3.45. The summed E-state index contributed by atoms with van der Waals surface area (Å²) >= 11 is 0. The van der Waals surface area contributed by atoms with Crippen molar-refractivity contribution in [1.82, 2.24) is 0 Å². The van der Waals surface area contributed by atoms with E-state index in [2.05, 4.69) is 6.58 Å². The van der Waals surface area contributed by atoms with Crippen LogP contribution in [-0.4, -0.2) is 43.0 Å². The Morgan fingerprint density at radius 2 is 1.62 bits per heavy atom. The summed E-state index contributed by atoms with van der Waals surface area (Å²) in [4.78, 5) is 0. The van der Waals surface area contributed by atoms with E-state index in [9.17, 15) is 17.6 Å². The lowest BCUT2D eigenvalue weighted by atomic mass is 10.4. The number of likely N-dealkylation sites (N-methyl/N-ethyl adjacent to an activating group) is 1. The zero-order valence-corrected chi connectivity index (χ0v) is 7.53. The topological polar surface area (TPSA) is 0 Å². The van der Waals surface area contributed by atoms with E-state index in [1.54, 1.807) is 0 Å². The SMILES string of the molecule is C=CC[N+](C)(C)C1C(F)(F)C1(F)F. The molecule has 0 aromatic heterocycles. The molecule has 5 heteroatoms. The van der Waals surface area contributed by atoms with Gasteiger partial charge in [-0.15, -0.1) is 0 Å². The molecule has 1 aliphatic carbocycles. The van der Waals surface area contributed by atoms with Crippen LogP contribution in [0.15, 0.2) is 12.7 Å². The van der Waals surface area contributed by atoms with Gasteiger partial charge >= 0.3 is 11.8 Å². The molecule has 0 spiro atoms. The van der Waals surface area contributed by atoms with E-state index in [4.69, 9.17) is 0 Å². The maximum absolute atomic E-state index is 12.6. The minimum absolute atomic E-state index is 0.107. The smallest absolute Gasteiger partial charge is 0.312 e. The maximum Gasteiger partial charge on any atom is 0.372 e. The molecule has 1 fully saturated rings. The van der Waals surface area contributed by atoms with Gasteiger partial charge in [0.2, 0.25) is 6.04 Å². The molecule has 0 N–H and O–H groups in total. The van der Waals surface area contributed by atoms with E-state index >= 15 is 0 Å². The first-order valence-electron chi connectivity index (χ1n) is 3.87. The molecule has 76 valence electrons. The molecule has 0 radical (unpaired) electrons. The zero-order valence-electron chi connectivity index (χ0n) is 7.53. The van der Waals surface area contributed by atoms with Crippen molar-refractivity contribution in [3.63, 3.8) is 0 Å². The van der Waals surface area contributed by atoms with Gasteiger partial charge in [-0.1, -0.05) is 6.58 Å². The molecule has 1 aliphatic rings. The average Bonchev–Trinajstić information content (AvgIpc) is 2.22. The van der Waals surface area contributed by atoms with Gasteiger partial charge in [0.1, 0.15) is 0 Å². The number of hydrogen-bond acceptors (Lipinski definition) is 0. The predicted octanol–water partition coefficient (Wildman–Crippen LogP) is 1.90. The summed E-state index contributed by atoms with van der Waals surface area (Å²) in [6, 6.07) is -1.90. The van der Waals surface area contributed by atoms with Crippen molar-refractivity contribution in [2.75, 3.05) is 20.6 Å². The molecule has 0 heterocycles. The lowest BCUT2D eigenvalue weighted by molar-refractivity contribution is -0.902. The van der Waals surface area contributed by atoms with Crippen LogP contribution in [0.1, 0.15) is 0 Å². The Labute approximate surface area is 74.2 Å². The fourth-order valence-electron chi connectivity index (χ4n) is 1.64. The van der Waals surface area contributed by atoms with Gasteiger partial charge in [-0.2, -0.15) is 17.6 Å². The Kier molecular flexibility index (Phi) is 1.99. The van der Waals surface area contributed by atoms with Crippen LogP contribution in [0.3, 0.4) is 0 Å². The molecule has 1 rings (SSSR count). The second-order valence-electron chi connectivity index (χ2n) is 3.90. The third-order valence-electron chi connectivity index (χ3n) is 2.35. The summed E-state index contributed by atoms with van der Waals surface area (Å²) in [5.74, 6) is -7.72. The molecule has 13 heavy (non-hydrogen) atoms. The molecule has 1 nitrogen and oxygen atoms in total. The summed E-state index contributed by atoms with van der Waals surface area (Å²) in [5.41, 5.74) is 0. The van der Waals surface area contributed by atoms with Crippen molar-refractivity contribution in [2.24, 2.45) is 0 Å². The first kappa shape index (κ1) is 10.5. The van der Waals surface area contributed by atoms with E-state index in [-0.39, 0.29) is 6.54 Å². The molecule has 1 saturated carbocycles. The fourth-order valence-corrected chi connectivity index (χ4v) is 1.64. The van der Waals surface area contributed by atoms with Gasteiger partial charge in [0.25, 0.3) is 0 Å². The summed E-state index contributed by atoms with van der Waals surface area (Å²) in [7, 11) is 2.70. The zero-order chi connectivity index (χ0) is 10.5. The molecule has 0 atom stereocenters. The van der Waals surface area contributed by atoms with Gasteiger partial charge in [-0.3, -0.25) is 0 Å². The normalized spacial score (nSPS) is 25.7. The van der Waals surface area contributed by atoms with Crippen LogP contribution in [-0.2, 0) is 0 Å². The van der Waals surface area contributed by atoms with Crippen molar-refractivity contribution >= 4 is 0 Å². The number of halogens is 4. The van der Waals surface area contributed by atoms with E-state index in [0.717, 1.165) is 0 Å². The maximum atomic E-state index is 12.6. The molecule has 0 saturated heterocycles. The quantitative estimate of drug-likeness (QED) is 0.369. The lowest BCUT2D eigenvalue weighted by Crippen LogP contribution is -2.45. The Balaban J connectivity index is 2.83. The monoisotopic (exact) mass is 198 g/mol. The molecular formula is C8H12F4N+. The predicted molar refractivity (Wildman–Crippen MR) is 40.9 cm³/mol. The first-order chi connectivity index (χ1) is 5.68. The van der Waals surface area contributed by atoms with Crippen molar-refractivity contribution in [2.45, 2.75) is 17.9 Å². The van der Waals surface area contributed by atoms with E-state index in [1.165, 1.54) is 20.2 Å². The highest BCUT2D eigenvalue weighted by molar-refractivity contribution is 5.16. The highest BCUT2D eigenvalue weighted by atomic mass is 19.3. The molecule has 0 bridgehead atoms. The van der Waals surface area contributed by atoms with Crippen molar-refractivity contribution in [3.8, 4) is 0 Å². The minimum atomic E-state index is -3.86. The fraction of sp³-hybridized carbons (Fsp3) is 0.750. The highest BCUT2D eigenvalue weighted by Gasteiger charge is 2.92. The van der Waals surface area contributed by atoms with Crippen molar-refractivity contribution < 1.29 is 22.0 Å². The number of alkyl halides is 4.